The minimum Gasteiger partial charge on any atom is -0.466 e. The van der Waals surface area contributed by atoms with Crippen LogP contribution in [0.25, 0.3) is 0 Å². The summed E-state index contributed by atoms with van der Waals surface area (Å²) in [5.41, 5.74) is 4.45. The Labute approximate surface area is 200 Å². The van der Waals surface area contributed by atoms with Crippen LogP contribution in [-0.4, -0.2) is 74.9 Å². The van der Waals surface area contributed by atoms with Gasteiger partial charge in [0.2, 0.25) is 5.91 Å². The molecule has 0 atom stereocenters. The maximum Gasteiger partial charge on any atom is 0.293 e. The summed E-state index contributed by atoms with van der Waals surface area (Å²) < 4.78 is 4.76. The SMILES string of the molecule is C=C/C(=C\C(C)=C(/C)C(=O)N(CC)CCNC(=NC)/C(C)=C\C(=C)CC)N(C)CCOC=O. The van der Waals surface area contributed by atoms with Gasteiger partial charge < -0.3 is 19.9 Å². The molecule has 0 aliphatic rings. The van der Waals surface area contributed by atoms with E-state index in [0.717, 1.165) is 34.7 Å². The lowest BCUT2D eigenvalue weighted by atomic mass is 10.1. The maximum absolute atomic E-state index is 13.1. The number of amides is 1. The number of aliphatic imine (C=N–C) groups is 1. The standard InChI is InChI=1S/C26H42N4O3/c1-10-20(4)17-22(6)25(27-8)28-13-14-30(12-3)26(32)23(7)21(5)18-24(11-2)29(9)15-16-33-19-31/h11,17-19H,2,4,10,12-16H2,1,3,5-9H3,(H,27,28)/b22-17-,23-21+,24-18+. The molecule has 1 amide bonds. The summed E-state index contributed by atoms with van der Waals surface area (Å²) in [4.78, 5) is 31.5. The van der Waals surface area contributed by atoms with Gasteiger partial charge in [-0.25, -0.2) is 0 Å². The number of hydrogen-bond donors (Lipinski definition) is 1. The molecule has 0 aliphatic carbocycles. The minimum atomic E-state index is -0.00924. The first-order valence-electron chi connectivity index (χ1n) is 11.3. The molecule has 0 fully saturated rings. The number of hydrogen-bond acceptors (Lipinski definition) is 5. The Hall–Kier alpha value is -3.09. The van der Waals surface area contributed by atoms with Crippen LogP contribution in [0.4, 0.5) is 0 Å². The third-order valence-corrected chi connectivity index (χ3v) is 5.35. The van der Waals surface area contributed by atoms with Gasteiger partial charge in [-0.05, 0) is 57.4 Å². The van der Waals surface area contributed by atoms with Gasteiger partial charge in [-0.15, -0.1) is 0 Å². The molecule has 7 nitrogen and oxygen atoms in total. The van der Waals surface area contributed by atoms with E-state index in [0.29, 0.717) is 38.2 Å². The highest BCUT2D eigenvalue weighted by atomic mass is 16.5. The van der Waals surface area contributed by atoms with E-state index in [2.05, 4.69) is 30.4 Å². The number of rotatable bonds is 15. The second-order valence-corrected chi connectivity index (χ2v) is 7.69. The number of amidine groups is 1. The summed E-state index contributed by atoms with van der Waals surface area (Å²) in [6.45, 7) is 20.7. The molecule has 0 aromatic heterocycles. The number of nitrogens with zero attached hydrogens (tertiary/aromatic N) is 3. The van der Waals surface area contributed by atoms with E-state index in [1.807, 2.05) is 56.7 Å². The summed E-state index contributed by atoms with van der Waals surface area (Å²) in [6.07, 6.45) is 6.56. The average Bonchev–Trinajstić information content (AvgIpc) is 2.81. The van der Waals surface area contributed by atoms with Crippen molar-refractivity contribution < 1.29 is 14.3 Å². The molecule has 0 unspecified atom stereocenters. The van der Waals surface area contributed by atoms with Crippen LogP contribution in [0, 0.1) is 0 Å². The number of likely N-dealkylation sites (N-methyl/N-ethyl adjacent to an activating group) is 2. The predicted molar refractivity (Wildman–Crippen MR) is 138 cm³/mol. The molecule has 0 spiro atoms. The topological polar surface area (TPSA) is 74.2 Å². The molecule has 1 N–H and O–H groups in total. The molecule has 0 radical (unpaired) electrons. The average molecular weight is 459 g/mol. The summed E-state index contributed by atoms with van der Waals surface area (Å²) in [7, 11) is 3.63. The van der Waals surface area contributed by atoms with E-state index >= 15 is 0 Å². The van der Waals surface area contributed by atoms with E-state index in [9.17, 15) is 9.59 Å². The summed E-state index contributed by atoms with van der Waals surface area (Å²) in [5.74, 6) is 0.793. The largest absolute Gasteiger partial charge is 0.466 e. The molecule has 7 heteroatoms. The highest BCUT2D eigenvalue weighted by Gasteiger charge is 2.15. The minimum absolute atomic E-state index is 0.00924. The number of allylic oxidation sites excluding steroid dienone is 5. The van der Waals surface area contributed by atoms with E-state index in [1.54, 1.807) is 13.1 Å². The molecular weight excluding hydrogens is 416 g/mol. The molecule has 0 rings (SSSR count). The Morgan fingerprint density at radius 3 is 2.33 bits per heavy atom. The van der Waals surface area contributed by atoms with E-state index in [1.165, 1.54) is 0 Å². The molecule has 184 valence electrons. The zero-order valence-corrected chi connectivity index (χ0v) is 21.5. The Kier molecular flexibility index (Phi) is 15.0. The zero-order chi connectivity index (χ0) is 25.4. The number of carbonyl (C=O) groups is 2. The Morgan fingerprint density at radius 2 is 1.82 bits per heavy atom. The van der Waals surface area contributed by atoms with Crippen molar-refractivity contribution in [2.75, 3.05) is 46.9 Å². The van der Waals surface area contributed by atoms with Crippen LogP contribution in [0.3, 0.4) is 0 Å². The monoisotopic (exact) mass is 458 g/mol. The van der Waals surface area contributed by atoms with Gasteiger partial charge in [-0.2, -0.15) is 0 Å². The Bertz CT molecular complexity index is 806. The van der Waals surface area contributed by atoms with Gasteiger partial charge in [-0.3, -0.25) is 14.6 Å². The van der Waals surface area contributed by atoms with Gasteiger partial charge in [0.15, 0.2) is 0 Å². The van der Waals surface area contributed by atoms with Crippen molar-refractivity contribution in [3.63, 3.8) is 0 Å². The van der Waals surface area contributed by atoms with Crippen LogP contribution >= 0.6 is 0 Å². The van der Waals surface area contributed by atoms with Crippen LogP contribution in [-0.2, 0) is 14.3 Å². The molecule has 0 bridgehead atoms. The van der Waals surface area contributed by atoms with Crippen molar-refractivity contribution in [3.8, 4) is 0 Å². The number of nitrogens with one attached hydrogen (secondary N) is 1. The van der Waals surface area contributed by atoms with Gasteiger partial charge in [0.05, 0.1) is 6.54 Å². The van der Waals surface area contributed by atoms with Gasteiger partial charge in [-0.1, -0.05) is 31.7 Å². The third-order valence-electron chi connectivity index (χ3n) is 5.35. The van der Waals surface area contributed by atoms with Crippen LogP contribution in [0.15, 0.2) is 64.4 Å². The van der Waals surface area contributed by atoms with Crippen molar-refractivity contribution >= 4 is 18.2 Å². The first-order valence-corrected chi connectivity index (χ1v) is 11.3. The van der Waals surface area contributed by atoms with Gasteiger partial charge in [0.1, 0.15) is 12.4 Å². The quantitative estimate of drug-likeness (QED) is 0.101. The second kappa shape index (κ2) is 16.5. The molecular formula is C26H42N4O3. The fourth-order valence-corrected chi connectivity index (χ4v) is 3.01. The van der Waals surface area contributed by atoms with E-state index in [-0.39, 0.29) is 12.5 Å². The fraction of sp³-hybridized carbons (Fsp3) is 0.500. The van der Waals surface area contributed by atoms with Crippen LogP contribution in [0.1, 0.15) is 41.0 Å². The summed E-state index contributed by atoms with van der Waals surface area (Å²) in [6, 6.07) is 0. The van der Waals surface area contributed by atoms with Crippen LogP contribution < -0.4 is 5.32 Å². The van der Waals surface area contributed by atoms with E-state index in [4.69, 9.17) is 4.74 Å². The Balaban J connectivity index is 5.26. The summed E-state index contributed by atoms with van der Waals surface area (Å²) >= 11 is 0. The Morgan fingerprint density at radius 1 is 1.15 bits per heavy atom. The van der Waals surface area contributed by atoms with Crippen LogP contribution in [0.5, 0.6) is 0 Å². The van der Waals surface area contributed by atoms with Crippen molar-refractivity contribution in [2.45, 2.75) is 41.0 Å². The van der Waals surface area contributed by atoms with Crippen molar-refractivity contribution in [1.82, 2.24) is 15.1 Å². The molecule has 0 aromatic carbocycles. The molecule has 0 saturated heterocycles. The highest BCUT2D eigenvalue weighted by molar-refractivity contribution is 5.98. The fourth-order valence-electron chi connectivity index (χ4n) is 3.01. The smallest absolute Gasteiger partial charge is 0.293 e. The van der Waals surface area contributed by atoms with E-state index < -0.39 is 0 Å². The number of ether oxygens (including phenoxy) is 1. The second-order valence-electron chi connectivity index (χ2n) is 7.69. The van der Waals surface area contributed by atoms with Crippen molar-refractivity contribution in [2.24, 2.45) is 4.99 Å². The lowest BCUT2D eigenvalue weighted by Crippen LogP contribution is -2.39. The van der Waals surface area contributed by atoms with Gasteiger partial charge in [0, 0.05) is 45.0 Å². The normalized spacial score (nSPS) is 13.1. The highest BCUT2D eigenvalue weighted by Crippen LogP contribution is 2.14. The zero-order valence-electron chi connectivity index (χ0n) is 21.5. The number of carbonyl (C=O) groups excluding carboxylic acids is 2. The molecule has 0 saturated carbocycles. The van der Waals surface area contributed by atoms with Gasteiger partial charge in [0.25, 0.3) is 6.47 Å². The lowest BCUT2D eigenvalue weighted by Gasteiger charge is -2.23. The predicted octanol–water partition coefficient (Wildman–Crippen LogP) is 3.88. The molecule has 0 aliphatic heterocycles. The van der Waals surface area contributed by atoms with Crippen molar-refractivity contribution in [3.05, 3.63) is 59.4 Å². The molecule has 33 heavy (non-hydrogen) atoms. The third kappa shape index (κ3) is 10.9. The molecule has 0 aromatic rings. The van der Waals surface area contributed by atoms with Crippen molar-refractivity contribution in [1.29, 1.82) is 0 Å². The summed E-state index contributed by atoms with van der Waals surface area (Å²) in [5, 5.41) is 3.33. The lowest BCUT2D eigenvalue weighted by molar-refractivity contribution is -0.129. The molecule has 0 heterocycles. The first kappa shape index (κ1) is 29.9. The van der Waals surface area contributed by atoms with Crippen LogP contribution in [0.2, 0.25) is 0 Å². The first-order chi connectivity index (χ1) is 15.7. The van der Waals surface area contributed by atoms with Gasteiger partial charge >= 0.3 is 0 Å². The maximum atomic E-state index is 13.1.